The first-order valence-electron chi connectivity index (χ1n) is 11.9. The number of hydrogen-bond donors (Lipinski definition) is 3. The quantitative estimate of drug-likeness (QED) is 0.591. The van der Waals surface area contributed by atoms with Crippen molar-refractivity contribution in [1.82, 2.24) is 0 Å². The second kappa shape index (κ2) is 10.6. The van der Waals surface area contributed by atoms with Crippen molar-refractivity contribution < 1.29 is 9.59 Å². The molecule has 1 saturated carbocycles. The highest BCUT2D eigenvalue weighted by Crippen LogP contribution is 2.30. The lowest BCUT2D eigenvalue weighted by Crippen LogP contribution is -2.41. The molecule has 0 spiro atoms. The molecule has 0 unspecified atom stereocenters. The maximum absolute atomic E-state index is 13.3. The largest absolute Gasteiger partial charge is 0.373 e. The lowest BCUT2D eigenvalue weighted by Gasteiger charge is -2.31. The number of benzene rings is 2. The Morgan fingerprint density at radius 2 is 1.78 bits per heavy atom. The Morgan fingerprint density at radius 1 is 1.00 bits per heavy atom. The summed E-state index contributed by atoms with van der Waals surface area (Å²) >= 11 is 0. The zero-order valence-electron chi connectivity index (χ0n) is 18.7. The second-order valence-corrected chi connectivity index (χ2v) is 8.96. The normalized spacial score (nSPS) is 18.3. The van der Waals surface area contributed by atoms with Gasteiger partial charge >= 0.3 is 0 Å². The Bertz CT molecular complexity index is 922. The zero-order chi connectivity index (χ0) is 22.3. The van der Waals surface area contributed by atoms with Crippen molar-refractivity contribution in [2.24, 2.45) is 11.7 Å². The van der Waals surface area contributed by atoms with Crippen molar-refractivity contribution in [2.75, 3.05) is 22.1 Å². The molecule has 1 aliphatic carbocycles. The Labute approximate surface area is 190 Å². The van der Waals surface area contributed by atoms with Gasteiger partial charge in [0.15, 0.2) is 0 Å². The van der Waals surface area contributed by atoms with E-state index in [1.807, 2.05) is 53.4 Å². The fourth-order valence-corrected chi connectivity index (χ4v) is 4.86. The lowest BCUT2D eigenvalue weighted by atomic mass is 9.83. The molecule has 1 heterocycles. The molecular formula is C26H34N4O2. The summed E-state index contributed by atoms with van der Waals surface area (Å²) in [5, 5.41) is 6.59. The van der Waals surface area contributed by atoms with E-state index in [9.17, 15) is 9.59 Å². The van der Waals surface area contributed by atoms with Gasteiger partial charge in [-0.15, -0.1) is 0 Å². The number of rotatable bonds is 7. The Kier molecular flexibility index (Phi) is 7.43. The van der Waals surface area contributed by atoms with Crippen LogP contribution >= 0.6 is 0 Å². The maximum Gasteiger partial charge on any atom is 0.247 e. The molecule has 6 heteroatoms. The molecule has 0 bridgehead atoms. The summed E-state index contributed by atoms with van der Waals surface area (Å²) < 4.78 is 0. The van der Waals surface area contributed by atoms with E-state index in [0.717, 1.165) is 67.7 Å². The number of carbonyl (C=O) groups is 2. The molecule has 0 radical (unpaired) electrons. The summed E-state index contributed by atoms with van der Waals surface area (Å²) in [5.74, 6) is 0.460. The summed E-state index contributed by atoms with van der Waals surface area (Å²) in [6.45, 7) is 1.24. The number of anilines is 3. The van der Waals surface area contributed by atoms with Crippen molar-refractivity contribution in [1.29, 1.82) is 0 Å². The standard InChI is InChI=1S/C26H34N4O2/c27-18-19-7-6-10-22(17-19)28-25(20-8-2-1-3-9-20)26(32)29-21-12-14-23(15-13-21)30-16-5-4-11-24(30)31/h6-7,10,12-15,17,20,25,28H,1-5,8-9,11,16,18,27H2,(H,29,32)/t25-/m0/s1. The molecule has 0 aromatic heterocycles. The topological polar surface area (TPSA) is 87.5 Å². The van der Waals surface area contributed by atoms with Crippen LogP contribution in [0.1, 0.15) is 56.9 Å². The van der Waals surface area contributed by atoms with Crippen molar-refractivity contribution in [2.45, 2.75) is 64.0 Å². The van der Waals surface area contributed by atoms with Crippen LogP contribution in [0.3, 0.4) is 0 Å². The van der Waals surface area contributed by atoms with E-state index in [1.54, 1.807) is 0 Å². The van der Waals surface area contributed by atoms with Gasteiger partial charge < -0.3 is 21.3 Å². The third-order valence-corrected chi connectivity index (χ3v) is 6.66. The molecule has 2 aliphatic rings. The molecule has 1 saturated heterocycles. The van der Waals surface area contributed by atoms with E-state index in [2.05, 4.69) is 10.6 Å². The average molecular weight is 435 g/mol. The van der Waals surface area contributed by atoms with Crippen LogP contribution < -0.4 is 21.3 Å². The van der Waals surface area contributed by atoms with Crippen LogP contribution in [0.2, 0.25) is 0 Å². The molecule has 32 heavy (non-hydrogen) atoms. The molecule has 2 aromatic carbocycles. The minimum atomic E-state index is -0.299. The highest BCUT2D eigenvalue weighted by Gasteiger charge is 2.30. The lowest BCUT2D eigenvalue weighted by molar-refractivity contribution is -0.119. The summed E-state index contributed by atoms with van der Waals surface area (Å²) in [7, 11) is 0. The minimum absolute atomic E-state index is 0.0168. The van der Waals surface area contributed by atoms with Gasteiger partial charge in [-0.3, -0.25) is 9.59 Å². The zero-order valence-corrected chi connectivity index (χ0v) is 18.7. The van der Waals surface area contributed by atoms with Gasteiger partial charge in [-0.25, -0.2) is 0 Å². The molecule has 2 amide bonds. The summed E-state index contributed by atoms with van der Waals surface area (Å²) in [6.07, 6.45) is 8.28. The monoisotopic (exact) mass is 434 g/mol. The number of nitrogens with one attached hydrogen (secondary N) is 2. The van der Waals surface area contributed by atoms with Crippen LogP contribution in [0.4, 0.5) is 17.1 Å². The maximum atomic E-state index is 13.3. The third kappa shape index (κ3) is 5.49. The highest BCUT2D eigenvalue weighted by atomic mass is 16.2. The first-order valence-corrected chi connectivity index (χ1v) is 11.9. The van der Waals surface area contributed by atoms with E-state index in [4.69, 9.17) is 5.73 Å². The predicted molar refractivity (Wildman–Crippen MR) is 130 cm³/mol. The van der Waals surface area contributed by atoms with Gasteiger partial charge in [0.2, 0.25) is 11.8 Å². The smallest absolute Gasteiger partial charge is 0.247 e. The molecule has 6 nitrogen and oxygen atoms in total. The number of hydrogen-bond acceptors (Lipinski definition) is 4. The second-order valence-electron chi connectivity index (χ2n) is 8.96. The van der Waals surface area contributed by atoms with Crippen LogP contribution in [0.15, 0.2) is 48.5 Å². The first-order chi connectivity index (χ1) is 15.6. The third-order valence-electron chi connectivity index (χ3n) is 6.66. The molecule has 4 rings (SSSR count). The Morgan fingerprint density at radius 3 is 2.50 bits per heavy atom. The van der Waals surface area contributed by atoms with Crippen LogP contribution in [0.5, 0.6) is 0 Å². The fourth-order valence-electron chi connectivity index (χ4n) is 4.86. The van der Waals surface area contributed by atoms with E-state index >= 15 is 0 Å². The van der Waals surface area contributed by atoms with Gasteiger partial charge in [0.25, 0.3) is 0 Å². The molecule has 2 aromatic rings. The molecule has 1 aliphatic heterocycles. The Hall–Kier alpha value is -2.86. The summed E-state index contributed by atoms with van der Waals surface area (Å²) in [4.78, 5) is 27.4. The van der Waals surface area contributed by atoms with Gasteiger partial charge in [-0.05, 0) is 73.6 Å². The number of nitrogens with zero attached hydrogens (tertiary/aromatic N) is 1. The number of amides is 2. The van der Waals surface area contributed by atoms with Crippen LogP contribution in [-0.4, -0.2) is 24.4 Å². The van der Waals surface area contributed by atoms with E-state index in [0.29, 0.717) is 18.9 Å². The van der Waals surface area contributed by atoms with Gasteiger partial charge in [0, 0.05) is 36.6 Å². The van der Waals surface area contributed by atoms with Gasteiger partial charge in [-0.2, -0.15) is 0 Å². The van der Waals surface area contributed by atoms with Crippen molar-refractivity contribution in [3.05, 3.63) is 54.1 Å². The SMILES string of the molecule is NCc1cccc(N[C@H](C(=O)Nc2ccc(N3CCCCC3=O)cc2)C2CCCCC2)c1. The average Bonchev–Trinajstić information content (AvgIpc) is 2.84. The van der Waals surface area contributed by atoms with E-state index in [-0.39, 0.29) is 17.9 Å². The first kappa shape index (κ1) is 22.3. The summed E-state index contributed by atoms with van der Waals surface area (Å²) in [6, 6.07) is 15.3. The molecular weight excluding hydrogens is 400 g/mol. The van der Waals surface area contributed by atoms with Gasteiger partial charge in [0.1, 0.15) is 6.04 Å². The van der Waals surface area contributed by atoms with Crippen molar-refractivity contribution in [3.63, 3.8) is 0 Å². The molecule has 2 fully saturated rings. The van der Waals surface area contributed by atoms with E-state index < -0.39 is 0 Å². The van der Waals surface area contributed by atoms with E-state index in [1.165, 1.54) is 6.42 Å². The highest BCUT2D eigenvalue weighted by molar-refractivity contribution is 5.98. The van der Waals surface area contributed by atoms with Crippen LogP contribution in [-0.2, 0) is 16.1 Å². The molecule has 170 valence electrons. The molecule has 4 N–H and O–H groups in total. The van der Waals surface area contributed by atoms with Gasteiger partial charge in [0.05, 0.1) is 0 Å². The summed E-state index contributed by atoms with van der Waals surface area (Å²) in [5.41, 5.74) is 9.42. The number of nitrogens with two attached hydrogens (primary N) is 1. The van der Waals surface area contributed by atoms with Crippen LogP contribution in [0, 0.1) is 5.92 Å². The predicted octanol–water partition coefficient (Wildman–Crippen LogP) is 4.66. The van der Waals surface area contributed by atoms with Gasteiger partial charge in [-0.1, -0.05) is 31.4 Å². The van der Waals surface area contributed by atoms with Crippen LogP contribution in [0.25, 0.3) is 0 Å². The Balaban J connectivity index is 1.47. The fraction of sp³-hybridized carbons (Fsp3) is 0.462. The van der Waals surface area contributed by atoms with Crippen molar-refractivity contribution >= 4 is 28.9 Å². The number of carbonyl (C=O) groups excluding carboxylic acids is 2. The van der Waals surface area contributed by atoms with Crippen molar-refractivity contribution in [3.8, 4) is 0 Å². The minimum Gasteiger partial charge on any atom is -0.373 e. The molecule has 1 atom stereocenters. The number of piperidine rings is 1.